The minimum atomic E-state index is 0.535. The molecule has 17 heavy (non-hydrogen) atoms. The maximum Gasteiger partial charge on any atom is 0.134 e. The van der Waals surface area contributed by atoms with Crippen LogP contribution in [0.3, 0.4) is 0 Å². The van der Waals surface area contributed by atoms with Gasteiger partial charge in [-0.05, 0) is 19.4 Å². The molecule has 0 saturated carbocycles. The Kier molecular flexibility index (Phi) is 3.78. The first-order chi connectivity index (χ1) is 8.20. The van der Waals surface area contributed by atoms with Crippen LogP contribution in [0.2, 0.25) is 0 Å². The SMILES string of the molecule is CCN1CCC(N(C)c2cc(N)ncn2)CC1. The third kappa shape index (κ3) is 2.85. The van der Waals surface area contributed by atoms with Gasteiger partial charge in [0.15, 0.2) is 0 Å². The Bertz CT molecular complexity index is 360. The van der Waals surface area contributed by atoms with Crippen LogP contribution >= 0.6 is 0 Å². The Morgan fingerprint density at radius 1 is 1.41 bits per heavy atom. The van der Waals surface area contributed by atoms with Gasteiger partial charge in [0.25, 0.3) is 0 Å². The molecule has 2 heterocycles. The van der Waals surface area contributed by atoms with Gasteiger partial charge in [-0.15, -0.1) is 0 Å². The Labute approximate surface area is 103 Å². The van der Waals surface area contributed by atoms with E-state index in [0.29, 0.717) is 11.9 Å². The average Bonchev–Trinajstić information content (AvgIpc) is 2.38. The summed E-state index contributed by atoms with van der Waals surface area (Å²) >= 11 is 0. The number of rotatable bonds is 3. The Balaban J connectivity index is 1.99. The Morgan fingerprint density at radius 2 is 2.12 bits per heavy atom. The molecule has 1 fully saturated rings. The van der Waals surface area contributed by atoms with E-state index in [4.69, 9.17) is 5.73 Å². The molecule has 1 aromatic rings. The number of hydrogen-bond acceptors (Lipinski definition) is 5. The summed E-state index contributed by atoms with van der Waals surface area (Å²) in [5.41, 5.74) is 5.68. The van der Waals surface area contributed by atoms with Crippen molar-refractivity contribution >= 4 is 11.6 Å². The van der Waals surface area contributed by atoms with Gasteiger partial charge in [0, 0.05) is 32.2 Å². The second-order valence-electron chi connectivity index (χ2n) is 4.58. The van der Waals surface area contributed by atoms with Gasteiger partial charge < -0.3 is 15.5 Å². The molecular formula is C12H21N5. The van der Waals surface area contributed by atoms with Crippen molar-refractivity contribution in [3.8, 4) is 0 Å². The summed E-state index contributed by atoms with van der Waals surface area (Å²) in [5, 5.41) is 0. The van der Waals surface area contributed by atoms with Gasteiger partial charge in [0.1, 0.15) is 18.0 Å². The predicted molar refractivity (Wildman–Crippen MR) is 70.0 cm³/mol. The summed E-state index contributed by atoms with van der Waals surface area (Å²) in [6, 6.07) is 2.40. The lowest BCUT2D eigenvalue weighted by Crippen LogP contribution is -2.43. The van der Waals surface area contributed by atoms with E-state index in [-0.39, 0.29) is 0 Å². The fourth-order valence-electron chi connectivity index (χ4n) is 2.36. The largest absolute Gasteiger partial charge is 0.384 e. The molecule has 1 aliphatic rings. The summed E-state index contributed by atoms with van der Waals surface area (Å²) in [7, 11) is 2.09. The number of nitrogens with two attached hydrogens (primary N) is 1. The van der Waals surface area contributed by atoms with Crippen molar-refractivity contribution in [1.29, 1.82) is 0 Å². The number of likely N-dealkylation sites (tertiary alicyclic amines) is 1. The number of nitrogen functional groups attached to an aromatic ring is 1. The van der Waals surface area contributed by atoms with E-state index in [1.54, 1.807) is 0 Å². The standard InChI is InChI=1S/C12H21N5/c1-3-17-6-4-10(5-7-17)16(2)12-8-11(13)14-9-15-12/h8-10H,3-7H2,1-2H3,(H2,13,14,15). The van der Waals surface area contributed by atoms with Crippen LogP contribution in [0.25, 0.3) is 0 Å². The minimum absolute atomic E-state index is 0.535. The highest BCUT2D eigenvalue weighted by Crippen LogP contribution is 2.20. The molecule has 5 nitrogen and oxygen atoms in total. The third-order valence-corrected chi connectivity index (χ3v) is 3.59. The topological polar surface area (TPSA) is 58.3 Å². The van der Waals surface area contributed by atoms with Gasteiger partial charge >= 0.3 is 0 Å². The van der Waals surface area contributed by atoms with Crippen molar-refractivity contribution in [3.05, 3.63) is 12.4 Å². The van der Waals surface area contributed by atoms with Crippen molar-refractivity contribution in [1.82, 2.24) is 14.9 Å². The van der Waals surface area contributed by atoms with Crippen LogP contribution < -0.4 is 10.6 Å². The van der Waals surface area contributed by atoms with Crippen LogP contribution in [0.1, 0.15) is 19.8 Å². The first-order valence-corrected chi connectivity index (χ1v) is 6.23. The number of piperidine rings is 1. The van der Waals surface area contributed by atoms with Crippen LogP contribution in [0.4, 0.5) is 11.6 Å². The minimum Gasteiger partial charge on any atom is -0.384 e. The predicted octanol–water partition coefficient (Wildman–Crippen LogP) is 0.979. The molecule has 0 radical (unpaired) electrons. The first-order valence-electron chi connectivity index (χ1n) is 6.23. The zero-order valence-corrected chi connectivity index (χ0v) is 10.6. The zero-order valence-electron chi connectivity index (χ0n) is 10.6. The molecule has 1 aliphatic heterocycles. The molecule has 0 bridgehead atoms. The number of hydrogen-bond donors (Lipinski definition) is 1. The number of nitrogens with zero attached hydrogens (tertiary/aromatic N) is 4. The highest BCUT2D eigenvalue weighted by molar-refractivity contribution is 5.46. The molecule has 0 spiro atoms. The summed E-state index contributed by atoms with van der Waals surface area (Å²) in [6.07, 6.45) is 3.91. The van der Waals surface area contributed by atoms with E-state index < -0.39 is 0 Å². The molecule has 94 valence electrons. The summed E-state index contributed by atoms with van der Waals surface area (Å²) in [5.74, 6) is 1.46. The summed E-state index contributed by atoms with van der Waals surface area (Å²) < 4.78 is 0. The van der Waals surface area contributed by atoms with E-state index >= 15 is 0 Å². The molecule has 0 aromatic carbocycles. The normalized spacial score (nSPS) is 18.2. The van der Waals surface area contributed by atoms with E-state index in [1.807, 2.05) is 6.07 Å². The van der Waals surface area contributed by atoms with Crippen molar-refractivity contribution in [3.63, 3.8) is 0 Å². The molecule has 0 aliphatic carbocycles. The maximum atomic E-state index is 5.68. The van der Waals surface area contributed by atoms with Gasteiger partial charge in [-0.1, -0.05) is 6.92 Å². The van der Waals surface area contributed by atoms with E-state index in [1.165, 1.54) is 32.3 Å². The molecule has 0 amide bonds. The first kappa shape index (κ1) is 12.1. The molecule has 5 heteroatoms. The maximum absolute atomic E-state index is 5.68. The Hall–Kier alpha value is -1.36. The second kappa shape index (κ2) is 5.31. The quantitative estimate of drug-likeness (QED) is 0.846. The fourth-order valence-corrected chi connectivity index (χ4v) is 2.36. The van der Waals surface area contributed by atoms with Gasteiger partial charge in [-0.2, -0.15) is 0 Å². The van der Waals surface area contributed by atoms with Crippen molar-refractivity contribution in [2.45, 2.75) is 25.8 Å². The number of aromatic nitrogens is 2. The molecule has 0 atom stereocenters. The third-order valence-electron chi connectivity index (χ3n) is 3.59. The lowest BCUT2D eigenvalue weighted by Gasteiger charge is -2.36. The van der Waals surface area contributed by atoms with Crippen LogP contribution in [-0.2, 0) is 0 Å². The molecular weight excluding hydrogens is 214 g/mol. The summed E-state index contributed by atoms with van der Waals surface area (Å²) in [4.78, 5) is 12.9. The van der Waals surface area contributed by atoms with Crippen LogP contribution in [0.15, 0.2) is 12.4 Å². The van der Waals surface area contributed by atoms with Crippen molar-refractivity contribution in [2.24, 2.45) is 0 Å². The summed E-state index contributed by atoms with van der Waals surface area (Å²) in [6.45, 7) is 5.71. The van der Waals surface area contributed by atoms with Crippen LogP contribution in [0.5, 0.6) is 0 Å². The second-order valence-corrected chi connectivity index (χ2v) is 4.58. The van der Waals surface area contributed by atoms with Crippen molar-refractivity contribution < 1.29 is 0 Å². The van der Waals surface area contributed by atoms with E-state index in [2.05, 4.69) is 33.7 Å². The van der Waals surface area contributed by atoms with Crippen LogP contribution in [-0.4, -0.2) is 47.6 Å². The van der Waals surface area contributed by atoms with Gasteiger partial charge in [-0.3, -0.25) is 0 Å². The molecule has 0 unspecified atom stereocenters. The highest BCUT2D eigenvalue weighted by Gasteiger charge is 2.22. The van der Waals surface area contributed by atoms with E-state index in [9.17, 15) is 0 Å². The molecule has 2 rings (SSSR count). The molecule has 2 N–H and O–H groups in total. The van der Waals surface area contributed by atoms with E-state index in [0.717, 1.165) is 12.4 Å². The zero-order chi connectivity index (χ0) is 12.3. The Morgan fingerprint density at radius 3 is 2.71 bits per heavy atom. The smallest absolute Gasteiger partial charge is 0.134 e. The molecule has 1 saturated heterocycles. The van der Waals surface area contributed by atoms with Gasteiger partial charge in [0.2, 0.25) is 0 Å². The van der Waals surface area contributed by atoms with Gasteiger partial charge in [-0.25, -0.2) is 9.97 Å². The monoisotopic (exact) mass is 235 g/mol. The lowest BCUT2D eigenvalue weighted by atomic mass is 10.0. The average molecular weight is 235 g/mol. The number of anilines is 2. The highest BCUT2D eigenvalue weighted by atomic mass is 15.2. The fraction of sp³-hybridized carbons (Fsp3) is 0.667. The van der Waals surface area contributed by atoms with Gasteiger partial charge in [0.05, 0.1) is 0 Å². The molecule has 1 aromatic heterocycles. The van der Waals surface area contributed by atoms with Crippen molar-refractivity contribution in [2.75, 3.05) is 37.3 Å². The van der Waals surface area contributed by atoms with Crippen LogP contribution in [0, 0.1) is 0 Å². The lowest BCUT2D eigenvalue weighted by molar-refractivity contribution is 0.220.